The SMILES string of the molecule is O=C(OO)c1ccccc1.O=S(=O)(O)O. The van der Waals surface area contributed by atoms with Gasteiger partial charge in [0.1, 0.15) is 0 Å². The van der Waals surface area contributed by atoms with Crippen LogP contribution in [0.3, 0.4) is 0 Å². The number of benzene rings is 1. The quantitative estimate of drug-likeness (QED) is 0.372. The number of hydrogen-bond acceptors (Lipinski definition) is 5. The summed E-state index contributed by atoms with van der Waals surface area (Å²) in [5, 5.41) is 7.94. The Bertz CT molecular complexity index is 389. The third kappa shape index (κ3) is 8.84. The molecule has 1 aromatic carbocycles. The number of hydrogen-bond donors (Lipinski definition) is 3. The van der Waals surface area contributed by atoms with Gasteiger partial charge in [-0.25, -0.2) is 4.79 Å². The van der Waals surface area contributed by atoms with E-state index in [-0.39, 0.29) is 0 Å². The van der Waals surface area contributed by atoms with Gasteiger partial charge in [0.2, 0.25) is 0 Å². The Balaban J connectivity index is 0.000000336. The molecule has 1 aromatic rings. The molecule has 0 fully saturated rings. The maximum Gasteiger partial charge on any atom is 0.394 e. The van der Waals surface area contributed by atoms with Crippen molar-refractivity contribution in [3.63, 3.8) is 0 Å². The van der Waals surface area contributed by atoms with Crippen LogP contribution in [0, 0.1) is 0 Å². The summed E-state index contributed by atoms with van der Waals surface area (Å²) in [6.45, 7) is 0. The molecule has 0 aliphatic rings. The van der Waals surface area contributed by atoms with Crippen LogP contribution in [0.4, 0.5) is 0 Å². The molecule has 15 heavy (non-hydrogen) atoms. The minimum Gasteiger partial charge on any atom is -0.296 e. The Morgan fingerprint density at radius 1 is 1.13 bits per heavy atom. The van der Waals surface area contributed by atoms with E-state index in [2.05, 4.69) is 4.89 Å². The highest BCUT2D eigenvalue weighted by Gasteiger charge is 2.02. The number of carbonyl (C=O) groups excluding carboxylic acids is 1. The highest BCUT2D eigenvalue weighted by Crippen LogP contribution is 1.98. The maximum absolute atomic E-state index is 10.5. The number of carbonyl (C=O) groups is 1. The Kier molecular flexibility index (Phi) is 5.49. The summed E-state index contributed by atoms with van der Waals surface area (Å²) >= 11 is 0. The topological polar surface area (TPSA) is 121 Å². The van der Waals surface area contributed by atoms with Crippen molar-refractivity contribution in [2.24, 2.45) is 0 Å². The lowest BCUT2D eigenvalue weighted by molar-refractivity contribution is -0.182. The van der Waals surface area contributed by atoms with Gasteiger partial charge in [0.05, 0.1) is 5.56 Å². The smallest absolute Gasteiger partial charge is 0.296 e. The molecule has 0 bridgehead atoms. The van der Waals surface area contributed by atoms with E-state index in [1.165, 1.54) is 0 Å². The van der Waals surface area contributed by atoms with Gasteiger partial charge in [0.25, 0.3) is 0 Å². The van der Waals surface area contributed by atoms with Crippen LogP contribution >= 0.6 is 0 Å². The van der Waals surface area contributed by atoms with Crippen molar-refractivity contribution in [1.29, 1.82) is 0 Å². The fourth-order valence-electron chi connectivity index (χ4n) is 0.627. The van der Waals surface area contributed by atoms with E-state index in [0.29, 0.717) is 5.56 Å². The molecule has 0 unspecified atom stereocenters. The van der Waals surface area contributed by atoms with E-state index < -0.39 is 16.4 Å². The van der Waals surface area contributed by atoms with Crippen molar-refractivity contribution in [2.45, 2.75) is 0 Å². The zero-order valence-electron chi connectivity index (χ0n) is 7.27. The number of rotatable bonds is 1. The third-order valence-corrected chi connectivity index (χ3v) is 1.09. The molecule has 7 nitrogen and oxygen atoms in total. The summed E-state index contributed by atoms with van der Waals surface area (Å²) < 4.78 is 31.6. The van der Waals surface area contributed by atoms with Gasteiger partial charge < -0.3 is 0 Å². The molecule has 0 saturated carbocycles. The Morgan fingerprint density at radius 3 is 1.87 bits per heavy atom. The van der Waals surface area contributed by atoms with Gasteiger partial charge in [-0.05, 0) is 12.1 Å². The molecule has 0 atom stereocenters. The van der Waals surface area contributed by atoms with E-state index in [1.807, 2.05) is 0 Å². The summed E-state index contributed by atoms with van der Waals surface area (Å²) in [7, 11) is -4.67. The molecule has 84 valence electrons. The molecule has 8 heteroatoms. The van der Waals surface area contributed by atoms with Crippen molar-refractivity contribution in [3.05, 3.63) is 35.9 Å². The molecule has 1 rings (SSSR count). The first-order valence-corrected chi connectivity index (χ1v) is 4.85. The average molecular weight is 236 g/mol. The van der Waals surface area contributed by atoms with Crippen molar-refractivity contribution in [1.82, 2.24) is 0 Å². The second-order valence-electron chi connectivity index (χ2n) is 2.19. The van der Waals surface area contributed by atoms with Gasteiger partial charge in [0.15, 0.2) is 0 Å². The standard InChI is InChI=1S/C7H6O3.H2O4S/c8-7(10-9)6-4-2-1-3-5-6;1-5(2,3)4/h1-5,9H;(H2,1,2,3,4). The second kappa shape index (κ2) is 6.09. The van der Waals surface area contributed by atoms with Crippen molar-refractivity contribution in [2.75, 3.05) is 0 Å². The summed E-state index contributed by atoms with van der Waals surface area (Å²) in [5.74, 6) is -0.736. The molecular formula is C7H8O7S. The molecule has 0 spiro atoms. The van der Waals surface area contributed by atoms with E-state index in [4.69, 9.17) is 22.8 Å². The Morgan fingerprint density at radius 2 is 1.53 bits per heavy atom. The van der Waals surface area contributed by atoms with Crippen LogP contribution in [0.25, 0.3) is 0 Å². The summed E-state index contributed by atoms with van der Waals surface area (Å²) in [4.78, 5) is 14.0. The fourth-order valence-corrected chi connectivity index (χ4v) is 0.627. The fraction of sp³-hybridized carbons (Fsp3) is 0. The molecular weight excluding hydrogens is 228 g/mol. The highest BCUT2D eigenvalue weighted by atomic mass is 32.3. The lowest BCUT2D eigenvalue weighted by Crippen LogP contribution is -2.00. The molecule has 0 radical (unpaired) electrons. The van der Waals surface area contributed by atoms with Gasteiger partial charge in [-0.3, -0.25) is 14.0 Å². The van der Waals surface area contributed by atoms with Crippen LogP contribution in [-0.2, 0) is 15.3 Å². The monoisotopic (exact) mass is 236 g/mol. The van der Waals surface area contributed by atoms with E-state index >= 15 is 0 Å². The van der Waals surface area contributed by atoms with Crippen molar-refractivity contribution >= 4 is 16.4 Å². The normalized spacial score (nSPS) is 9.80. The molecule has 0 amide bonds. The zero-order chi connectivity index (χ0) is 11.9. The lowest BCUT2D eigenvalue weighted by atomic mass is 10.2. The third-order valence-electron chi connectivity index (χ3n) is 1.09. The van der Waals surface area contributed by atoms with Crippen LogP contribution in [0.15, 0.2) is 30.3 Å². The predicted molar refractivity (Wildman–Crippen MR) is 48.7 cm³/mol. The first-order valence-electron chi connectivity index (χ1n) is 3.45. The van der Waals surface area contributed by atoms with E-state index in [0.717, 1.165) is 0 Å². The van der Waals surface area contributed by atoms with Gasteiger partial charge in [-0.15, -0.1) is 0 Å². The van der Waals surface area contributed by atoms with Gasteiger partial charge >= 0.3 is 16.4 Å². The average Bonchev–Trinajstić information content (AvgIpc) is 2.15. The summed E-state index contributed by atoms with van der Waals surface area (Å²) in [6.07, 6.45) is 0. The molecule has 3 N–H and O–H groups in total. The Labute approximate surface area is 85.4 Å². The second-order valence-corrected chi connectivity index (χ2v) is 3.09. The zero-order valence-corrected chi connectivity index (χ0v) is 8.09. The predicted octanol–water partition coefficient (Wildman–Crippen LogP) is 0.664. The maximum atomic E-state index is 10.5. The summed E-state index contributed by atoms with van der Waals surface area (Å²) in [6, 6.07) is 8.25. The molecule has 0 aromatic heterocycles. The van der Waals surface area contributed by atoms with Crippen LogP contribution in [0.5, 0.6) is 0 Å². The first kappa shape index (κ1) is 13.5. The minimum atomic E-state index is -4.67. The minimum absolute atomic E-state index is 0.338. The van der Waals surface area contributed by atoms with Crippen LogP contribution < -0.4 is 0 Å². The van der Waals surface area contributed by atoms with Crippen LogP contribution in [0.1, 0.15) is 10.4 Å². The van der Waals surface area contributed by atoms with Gasteiger partial charge in [-0.1, -0.05) is 18.2 Å². The van der Waals surface area contributed by atoms with E-state index in [1.54, 1.807) is 30.3 Å². The molecule has 0 heterocycles. The van der Waals surface area contributed by atoms with Gasteiger partial charge in [0, 0.05) is 0 Å². The molecule has 0 aliphatic carbocycles. The summed E-state index contributed by atoms with van der Waals surface area (Å²) in [5.41, 5.74) is 0.338. The van der Waals surface area contributed by atoms with Crippen molar-refractivity contribution in [3.8, 4) is 0 Å². The van der Waals surface area contributed by atoms with Crippen LogP contribution in [-0.4, -0.2) is 28.7 Å². The molecule has 0 aliphatic heterocycles. The van der Waals surface area contributed by atoms with Crippen molar-refractivity contribution < 1.29 is 32.5 Å². The highest BCUT2D eigenvalue weighted by molar-refractivity contribution is 7.79. The first-order chi connectivity index (χ1) is 6.84. The van der Waals surface area contributed by atoms with Crippen LogP contribution in [0.2, 0.25) is 0 Å². The molecule has 0 saturated heterocycles. The lowest BCUT2D eigenvalue weighted by Gasteiger charge is -1.92. The Hall–Kier alpha value is -1.48. The van der Waals surface area contributed by atoms with Gasteiger partial charge in [-0.2, -0.15) is 13.7 Å². The largest absolute Gasteiger partial charge is 0.394 e. The van der Waals surface area contributed by atoms with E-state index in [9.17, 15) is 4.79 Å².